The van der Waals surface area contributed by atoms with Crippen LogP contribution in [0.2, 0.25) is 0 Å². The Labute approximate surface area is 190 Å². The van der Waals surface area contributed by atoms with Crippen molar-refractivity contribution < 1.29 is 22.7 Å². The molecule has 3 atom stereocenters. The molecule has 1 heterocycles. The molecule has 0 aromatic heterocycles. The van der Waals surface area contributed by atoms with E-state index < -0.39 is 22.1 Å². The Balaban J connectivity index is 1.67. The average molecular weight is 458 g/mol. The molecule has 1 saturated heterocycles. The minimum Gasteiger partial charge on any atom is -0.451 e. The van der Waals surface area contributed by atoms with Crippen LogP contribution in [0.5, 0.6) is 0 Å². The Morgan fingerprint density at radius 3 is 2.03 bits per heavy atom. The number of ether oxygens (including phenoxy) is 1. The van der Waals surface area contributed by atoms with Crippen LogP contribution in [0.3, 0.4) is 0 Å². The maximum atomic E-state index is 13.0. The van der Waals surface area contributed by atoms with E-state index in [2.05, 4.69) is 13.8 Å². The highest BCUT2D eigenvalue weighted by atomic mass is 32.2. The lowest BCUT2D eigenvalue weighted by atomic mass is 9.94. The number of carbonyl (C=O) groups excluding carboxylic acids is 2. The topological polar surface area (TPSA) is 80.8 Å². The first-order valence-corrected chi connectivity index (χ1v) is 12.5. The maximum Gasteiger partial charge on any atom is 0.338 e. The van der Waals surface area contributed by atoms with Gasteiger partial charge in [-0.25, -0.2) is 13.2 Å². The predicted molar refractivity (Wildman–Crippen MR) is 123 cm³/mol. The van der Waals surface area contributed by atoms with Crippen LogP contribution in [0.1, 0.15) is 60.4 Å². The summed E-state index contributed by atoms with van der Waals surface area (Å²) >= 11 is 0. The van der Waals surface area contributed by atoms with Crippen LogP contribution in [-0.2, 0) is 21.2 Å². The van der Waals surface area contributed by atoms with Gasteiger partial charge in [-0.2, -0.15) is 4.31 Å². The monoisotopic (exact) mass is 457 g/mol. The number of rotatable bonds is 7. The van der Waals surface area contributed by atoms with Crippen molar-refractivity contribution in [2.75, 3.05) is 13.1 Å². The summed E-state index contributed by atoms with van der Waals surface area (Å²) in [7, 11) is -3.62. The number of hydrogen-bond donors (Lipinski definition) is 0. The summed E-state index contributed by atoms with van der Waals surface area (Å²) in [4.78, 5) is 25.2. The van der Waals surface area contributed by atoms with E-state index >= 15 is 0 Å². The van der Waals surface area contributed by atoms with Crippen LogP contribution in [0.4, 0.5) is 0 Å². The molecule has 2 aromatic rings. The number of aryl methyl sites for hydroxylation is 1. The highest BCUT2D eigenvalue weighted by Crippen LogP contribution is 2.27. The quantitative estimate of drug-likeness (QED) is 0.456. The zero-order chi connectivity index (χ0) is 23.5. The van der Waals surface area contributed by atoms with Crippen LogP contribution < -0.4 is 0 Å². The predicted octanol–water partition coefficient (Wildman–Crippen LogP) is 4.34. The van der Waals surface area contributed by atoms with Gasteiger partial charge in [0, 0.05) is 18.7 Å². The fraction of sp³-hybridized carbons (Fsp3) is 0.440. The lowest BCUT2D eigenvalue weighted by Gasteiger charge is -2.34. The largest absolute Gasteiger partial charge is 0.451 e. The standard InChI is InChI=1S/C25H31NO5S/c1-5-20-6-8-21(9-7-20)24(27)19(4)31-25(28)22-10-12-23(13-11-22)32(29,30)26-15-17(2)14-18(3)16-26/h6-13,17-19H,5,14-16H2,1-4H3. The van der Waals surface area contributed by atoms with Gasteiger partial charge in [-0.3, -0.25) is 4.79 Å². The molecule has 1 aliphatic heterocycles. The number of sulfonamides is 1. The van der Waals surface area contributed by atoms with Gasteiger partial charge >= 0.3 is 5.97 Å². The number of piperidine rings is 1. The van der Waals surface area contributed by atoms with Crippen molar-refractivity contribution in [3.05, 3.63) is 65.2 Å². The number of carbonyl (C=O) groups is 2. The average Bonchev–Trinajstić information content (AvgIpc) is 2.78. The van der Waals surface area contributed by atoms with Crippen molar-refractivity contribution in [3.63, 3.8) is 0 Å². The fourth-order valence-electron chi connectivity index (χ4n) is 4.14. The summed E-state index contributed by atoms with van der Waals surface area (Å²) in [5.74, 6) is -0.339. The third-order valence-electron chi connectivity index (χ3n) is 5.86. The lowest BCUT2D eigenvalue weighted by Crippen LogP contribution is -2.42. The van der Waals surface area contributed by atoms with Gasteiger partial charge in [0.25, 0.3) is 0 Å². The number of nitrogens with zero attached hydrogens (tertiary/aromatic N) is 1. The Morgan fingerprint density at radius 2 is 1.50 bits per heavy atom. The summed E-state index contributed by atoms with van der Waals surface area (Å²) in [6.45, 7) is 8.66. The van der Waals surface area contributed by atoms with Crippen LogP contribution in [-0.4, -0.2) is 43.7 Å². The van der Waals surface area contributed by atoms with Gasteiger partial charge in [0.15, 0.2) is 6.10 Å². The van der Waals surface area contributed by atoms with E-state index in [1.165, 1.54) is 35.5 Å². The van der Waals surface area contributed by atoms with Gasteiger partial charge in [0.1, 0.15) is 0 Å². The summed E-state index contributed by atoms with van der Waals surface area (Å²) in [5, 5.41) is 0. The van der Waals surface area contributed by atoms with Crippen molar-refractivity contribution >= 4 is 21.8 Å². The van der Waals surface area contributed by atoms with Crippen LogP contribution in [0.25, 0.3) is 0 Å². The van der Waals surface area contributed by atoms with Gasteiger partial charge in [-0.15, -0.1) is 0 Å². The number of esters is 1. The normalized spacial score (nSPS) is 20.5. The van der Waals surface area contributed by atoms with Gasteiger partial charge in [0.05, 0.1) is 10.5 Å². The minimum absolute atomic E-state index is 0.149. The second-order valence-electron chi connectivity index (χ2n) is 8.75. The Morgan fingerprint density at radius 1 is 0.969 bits per heavy atom. The molecule has 2 aromatic carbocycles. The van der Waals surface area contributed by atoms with E-state index in [0.29, 0.717) is 30.5 Å². The highest BCUT2D eigenvalue weighted by molar-refractivity contribution is 7.89. The number of Topliss-reactive ketones (excluding diaryl/α,β-unsaturated/α-hetero) is 1. The second kappa shape index (κ2) is 9.96. The molecule has 0 amide bonds. The van der Waals surface area contributed by atoms with Crippen molar-refractivity contribution in [2.45, 2.75) is 51.5 Å². The summed E-state index contributed by atoms with van der Waals surface area (Å²) in [5.41, 5.74) is 1.80. The Kier molecular flexibility index (Phi) is 7.51. The van der Waals surface area contributed by atoms with E-state index in [1.807, 2.05) is 19.1 Å². The van der Waals surface area contributed by atoms with Crippen LogP contribution >= 0.6 is 0 Å². The first kappa shape index (κ1) is 24.1. The molecule has 0 aliphatic carbocycles. The van der Waals surface area contributed by atoms with Crippen LogP contribution in [0, 0.1) is 11.8 Å². The van der Waals surface area contributed by atoms with Gasteiger partial charge in [0.2, 0.25) is 15.8 Å². The van der Waals surface area contributed by atoms with Crippen LogP contribution in [0.15, 0.2) is 53.4 Å². The number of hydrogen-bond acceptors (Lipinski definition) is 5. The molecule has 32 heavy (non-hydrogen) atoms. The van der Waals surface area contributed by atoms with E-state index in [4.69, 9.17) is 4.74 Å². The SMILES string of the molecule is CCc1ccc(C(=O)C(C)OC(=O)c2ccc(S(=O)(=O)N3CC(C)CC(C)C3)cc2)cc1. The molecular formula is C25H31NO5S. The minimum atomic E-state index is -3.62. The van der Waals surface area contributed by atoms with Crippen molar-refractivity contribution in [2.24, 2.45) is 11.8 Å². The van der Waals surface area contributed by atoms with Crippen molar-refractivity contribution in [3.8, 4) is 0 Å². The molecule has 0 spiro atoms. The second-order valence-corrected chi connectivity index (χ2v) is 10.7. The molecule has 3 rings (SSSR count). The van der Waals surface area contributed by atoms with Gasteiger partial charge < -0.3 is 4.74 Å². The molecule has 172 valence electrons. The van der Waals surface area contributed by atoms with E-state index in [9.17, 15) is 18.0 Å². The van der Waals surface area contributed by atoms with E-state index in [-0.39, 0.29) is 16.2 Å². The summed E-state index contributed by atoms with van der Waals surface area (Å²) in [6.07, 6.45) is 0.937. The molecule has 0 saturated carbocycles. The third-order valence-corrected chi connectivity index (χ3v) is 7.71. The van der Waals surface area contributed by atoms with Crippen molar-refractivity contribution in [1.82, 2.24) is 4.31 Å². The molecule has 6 nitrogen and oxygen atoms in total. The number of ketones is 1. The lowest BCUT2D eigenvalue weighted by molar-refractivity contribution is 0.0318. The van der Waals surface area contributed by atoms with Gasteiger partial charge in [-0.1, -0.05) is 45.0 Å². The smallest absolute Gasteiger partial charge is 0.338 e. The highest BCUT2D eigenvalue weighted by Gasteiger charge is 2.31. The van der Waals surface area contributed by atoms with E-state index in [0.717, 1.165) is 18.4 Å². The summed E-state index contributed by atoms with van der Waals surface area (Å²) in [6, 6.07) is 12.9. The fourth-order valence-corrected chi connectivity index (χ4v) is 5.82. The van der Waals surface area contributed by atoms with Crippen molar-refractivity contribution in [1.29, 1.82) is 0 Å². The Bertz CT molecular complexity index is 1050. The molecule has 3 unspecified atom stereocenters. The van der Waals surface area contributed by atoms with Gasteiger partial charge in [-0.05, 0) is 61.4 Å². The molecule has 1 fully saturated rings. The zero-order valence-corrected chi connectivity index (χ0v) is 19.9. The van der Waals surface area contributed by atoms with E-state index in [1.54, 1.807) is 12.1 Å². The molecule has 0 radical (unpaired) electrons. The molecule has 0 bridgehead atoms. The zero-order valence-electron chi connectivity index (χ0n) is 19.1. The number of benzene rings is 2. The summed E-state index contributed by atoms with van der Waals surface area (Å²) < 4.78 is 32.8. The Hall–Kier alpha value is -2.51. The maximum absolute atomic E-state index is 13.0. The molecule has 0 N–H and O–H groups in total. The first-order valence-electron chi connectivity index (χ1n) is 11.1. The molecule has 7 heteroatoms. The molecular weight excluding hydrogens is 426 g/mol. The third kappa shape index (κ3) is 5.45. The first-order chi connectivity index (χ1) is 15.1. The molecule has 1 aliphatic rings.